The van der Waals surface area contributed by atoms with E-state index in [1.807, 2.05) is 13.1 Å². The molecule has 1 aromatic heterocycles. The third-order valence-electron chi connectivity index (χ3n) is 2.59. The third kappa shape index (κ3) is 4.28. The van der Waals surface area contributed by atoms with Gasteiger partial charge in [-0.25, -0.2) is 4.98 Å². The third-order valence-corrected chi connectivity index (χ3v) is 3.73. The quantitative estimate of drug-likeness (QED) is 0.779. The van der Waals surface area contributed by atoms with Crippen molar-refractivity contribution in [3.8, 4) is 0 Å². The van der Waals surface area contributed by atoms with E-state index in [0.29, 0.717) is 5.92 Å². The highest BCUT2D eigenvalue weighted by atomic mass is 32.1. The molecule has 0 aliphatic heterocycles. The van der Waals surface area contributed by atoms with Crippen molar-refractivity contribution in [1.82, 2.24) is 10.3 Å². The van der Waals surface area contributed by atoms with Crippen molar-refractivity contribution < 1.29 is 0 Å². The van der Waals surface area contributed by atoms with E-state index in [0.717, 1.165) is 19.5 Å². The molecule has 15 heavy (non-hydrogen) atoms. The van der Waals surface area contributed by atoms with Gasteiger partial charge in [0.05, 0.1) is 0 Å². The van der Waals surface area contributed by atoms with E-state index in [4.69, 9.17) is 5.73 Å². The first-order chi connectivity index (χ1) is 7.13. The molecule has 0 fully saturated rings. The summed E-state index contributed by atoms with van der Waals surface area (Å²) in [7, 11) is 0. The van der Waals surface area contributed by atoms with Gasteiger partial charge in [0.2, 0.25) is 0 Å². The summed E-state index contributed by atoms with van der Waals surface area (Å²) in [5.74, 6) is 0.510. The topological polar surface area (TPSA) is 50.9 Å². The minimum atomic E-state index is 0.250. The number of rotatable bonds is 6. The number of aryl methyl sites for hydroxylation is 1. The van der Waals surface area contributed by atoms with Crippen molar-refractivity contribution in [1.29, 1.82) is 0 Å². The molecule has 0 saturated carbocycles. The number of aromatic nitrogens is 1. The Balaban J connectivity index is 2.25. The molecule has 4 heteroatoms. The van der Waals surface area contributed by atoms with Crippen LogP contribution in [0.5, 0.6) is 0 Å². The van der Waals surface area contributed by atoms with Gasteiger partial charge in [-0.3, -0.25) is 0 Å². The predicted octanol–water partition coefficient (Wildman–Crippen LogP) is 1.78. The summed E-state index contributed by atoms with van der Waals surface area (Å²) in [6.07, 6.45) is 3.05. The van der Waals surface area contributed by atoms with Gasteiger partial charge in [0.15, 0.2) is 0 Å². The van der Waals surface area contributed by atoms with Gasteiger partial charge in [0, 0.05) is 23.7 Å². The Morgan fingerprint density at radius 1 is 1.53 bits per heavy atom. The van der Waals surface area contributed by atoms with Gasteiger partial charge in [0.1, 0.15) is 5.01 Å². The van der Waals surface area contributed by atoms with Gasteiger partial charge in [-0.05, 0) is 25.8 Å². The Bertz CT molecular complexity index is 283. The Hall–Kier alpha value is -0.450. The second-order valence-electron chi connectivity index (χ2n) is 4.04. The van der Waals surface area contributed by atoms with E-state index >= 15 is 0 Å². The molecule has 0 radical (unpaired) electrons. The Labute approximate surface area is 96.1 Å². The molecule has 1 rings (SSSR count). The van der Waals surface area contributed by atoms with Crippen LogP contribution in [0.3, 0.4) is 0 Å². The minimum absolute atomic E-state index is 0.250. The molecule has 0 aliphatic rings. The van der Waals surface area contributed by atoms with Crippen LogP contribution in [0.1, 0.15) is 30.7 Å². The van der Waals surface area contributed by atoms with Gasteiger partial charge in [-0.15, -0.1) is 11.3 Å². The second-order valence-corrected chi connectivity index (χ2v) is 5.24. The molecule has 1 aromatic rings. The fraction of sp³-hybridized carbons (Fsp3) is 0.727. The molecule has 0 bridgehead atoms. The van der Waals surface area contributed by atoms with Gasteiger partial charge in [-0.1, -0.05) is 13.8 Å². The first-order valence-corrected chi connectivity index (χ1v) is 6.35. The normalized spacial score (nSPS) is 15.2. The Kier molecular flexibility index (Phi) is 5.22. The van der Waals surface area contributed by atoms with Crippen LogP contribution in [0, 0.1) is 5.92 Å². The maximum absolute atomic E-state index is 5.79. The largest absolute Gasteiger partial charge is 0.328 e. The minimum Gasteiger partial charge on any atom is -0.328 e. The SMILES string of the molecule is CCc1cnc(CNCC(C)C(C)N)s1. The molecule has 86 valence electrons. The number of nitrogens with one attached hydrogen (secondary N) is 1. The van der Waals surface area contributed by atoms with Crippen LogP contribution in [0.15, 0.2) is 6.20 Å². The van der Waals surface area contributed by atoms with Gasteiger partial charge < -0.3 is 11.1 Å². The first-order valence-electron chi connectivity index (χ1n) is 5.53. The number of hydrogen-bond acceptors (Lipinski definition) is 4. The summed E-state index contributed by atoms with van der Waals surface area (Å²) in [4.78, 5) is 5.71. The van der Waals surface area contributed by atoms with Gasteiger partial charge in [0.25, 0.3) is 0 Å². The highest BCUT2D eigenvalue weighted by Crippen LogP contribution is 2.12. The lowest BCUT2D eigenvalue weighted by molar-refractivity contribution is 0.445. The highest BCUT2D eigenvalue weighted by molar-refractivity contribution is 7.11. The zero-order valence-corrected chi connectivity index (χ0v) is 10.6. The lowest BCUT2D eigenvalue weighted by atomic mass is 10.1. The smallest absolute Gasteiger partial charge is 0.107 e. The summed E-state index contributed by atoms with van der Waals surface area (Å²) in [6, 6.07) is 0.250. The van der Waals surface area contributed by atoms with Crippen molar-refractivity contribution in [3.05, 3.63) is 16.1 Å². The molecule has 0 spiro atoms. The summed E-state index contributed by atoms with van der Waals surface area (Å²) < 4.78 is 0. The number of thiazole rings is 1. The maximum atomic E-state index is 5.79. The lowest BCUT2D eigenvalue weighted by Gasteiger charge is -2.15. The van der Waals surface area contributed by atoms with Crippen LogP contribution in [0.4, 0.5) is 0 Å². The van der Waals surface area contributed by atoms with Crippen LogP contribution in [0.25, 0.3) is 0 Å². The molecule has 0 amide bonds. The van der Waals surface area contributed by atoms with E-state index in [1.54, 1.807) is 11.3 Å². The molecule has 3 N–H and O–H groups in total. The first kappa shape index (κ1) is 12.6. The highest BCUT2D eigenvalue weighted by Gasteiger charge is 2.07. The van der Waals surface area contributed by atoms with E-state index in [2.05, 4.69) is 24.1 Å². The van der Waals surface area contributed by atoms with E-state index in [-0.39, 0.29) is 6.04 Å². The number of nitrogens with zero attached hydrogens (tertiary/aromatic N) is 1. The molecule has 0 saturated heterocycles. The monoisotopic (exact) mass is 227 g/mol. The molecule has 3 nitrogen and oxygen atoms in total. The van der Waals surface area contributed by atoms with Crippen LogP contribution in [-0.2, 0) is 13.0 Å². The summed E-state index contributed by atoms with van der Waals surface area (Å²) in [5.41, 5.74) is 5.79. The van der Waals surface area contributed by atoms with E-state index in [1.165, 1.54) is 9.88 Å². The van der Waals surface area contributed by atoms with Crippen molar-refractivity contribution >= 4 is 11.3 Å². The summed E-state index contributed by atoms with van der Waals surface area (Å²) >= 11 is 1.79. The standard InChI is InChI=1S/C11H21N3S/c1-4-10-6-14-11(15-10)7-13-5-8(2)9(3)12/h6,8-9,13H,4-5,7,12H2,1-3H3. The number of hydrogen-bond donors (Lipinski definition) is 2. The number of nitrogens with two attached hydrogens (primary N) is 1. The van der Waals surface area contributed by atoms with E-state index < -0.39 is 0 Å². The van der Waals surface area contributed by atoms with Crippen LogP contribution in [-0.4, -0.2) is 17.6 Å². The molecule has 2 atom stereocenters. The molecule has 1 heterocycles. The fourth-order valence-corrected chi connectivity index (χ4v) is 2.02. The van der Waals surface area contributed by atoms with Crippen molar-refractivity contribution in [3.63, 3.8) is 0 Å². The van der Waals surface area contributed by atoms with Crippen molar-refractivity contribution in [2.45, 2.75) is 39.8 Å². The molecule has 0 aliphatic carbocycles. The zero-order chi connectivity index (χ0) is 11.3. The van der Waals surface area contributed by atoms with Gasteiger partial charge in [-0.2, -0.15) is 0 Å². The molecular weight excluding hydrogens is 206 g/mol. The average molecular weight is 227 g/mol. The van der Waals surface area contributed by atoms with Crippen molar-refractivity contribution in [2.24, 2.45) is 11.7 Å². The Morgan fingerprint density at radius 3 is 2.80 bits per heavy atom. The predicted molar refractivity (Wildman–Crippen MR) is 66.0 cm³/mol. The summed E-state index contributed by atoms with van der Waals surface area (Å²) in [6.45, 7) is 8.19. The lowest BCUT2D eigenvalue weighted by Crippen LogP contribution is -2.32. The molecular formula is C11H21N3S. The molecule has 2 unspecified atom stereocenters. The molecule has 0 aromatic carbocycles. The Morgan fingerprint density at radius 2 is 2.27 bits per heavy atom. The van der Waals surface area contributed by atoms with E-state index in [9.17, 15) is 0 Å². The summed E-state index contributed by atoms with van der Waals surface area (Å²) in [5, 5.41) is 4.56. The fourth-order valence-electron chi connectivity index (χ4n) is 1.19. The van der Waals surface area contributed by atoms with Crippen molar-refractivity contribution in [2.75, 3.05) is 6.54 Å². The maximum Gasteiger partial charge on any atom is 0.107 e. The average Bonchev–Trinajstić information content (AvgIpc) is 2.65. The second kappa shape index (κ2) is 6.20. The van der Waals surface area contributed by atoms with Crippen LogP contribution in [0.2, 0.25) is 0 Å². The van der Waals surface area contributed by atoms with Crippen LogP contribution < -0.4 is 11.1 Å². The zero-order valence-electron chi connectivity index (χ0n) is 9.79. The van der Waals surface area contributed by atoms with Gasteiger partial charge >= 0.3 is 0 Å². The van der Waals surface area contributed by atoms with Crippen LogP contribution >= 0.6 is 11.3 Å².